The maximum absolute atomic E-state index is 12.8. The number of rotatable bonds is 7. The molecule has 9 nitrogen and oxygen atoms in total. The van der Waals surface area contributed by atoms with Crippen LogP contribution in [0.25, 0.3) is 0 Å². The summed E-state index contributed by atoms with van der Waals surface area (Å²) in [4.78, 5) is 23.5. The van der Waals surface area contributed by atoms with Gasteiger partial charge in [0.05, 0.1) is 23.4 Å². The Bertz CT molecular complexity index is 1230. The second-order valence-electron chi connectivity index (χ2n) is 6.67. The molecule has 0 aliphatic carbocycles. The van der Waals surface area contributed by atoms with Crippen molar-refractivity contribution in [3.8, 4) is 5.75 Å². The van der Waals surface area contributed by atoms with Gasteiger partial charge in [-0.05, 0) is 48.5 Å². The molecule has 0 heterocycles. The molecule has 0 aromatic heterocycles. The zero-order valence-electron chi connectivity index (χ0n) is 17.4. The lowest BCUT2D eigenvalue weighted by Gasteiger charge is -2.13. The number of methoxy groups -OCH3 is 1. The number of carbonyl (C=O) groups excluding carboxylic acids is 2. The number of para-hydroxylation sites is 1. The molecule has 32 heavy (non-hydrogen) atoms. The number of hydrogen-bond donors (Lipinski definition) is 4. The zero-order valence-corrected chi connectivity index (χ0v) is 18.2. The molecule has 3 rings (SSSR count). The van der Waals surface area contributed by atoms with Gasteiger partial charge in [0.1, 0.15) is 5.75 Å². The first-order valence-corrected chi connectivity index (χ1v) is 11.0. The Kier molecular flexibility index (Phi) is 6.96. The van der Waals surface area contributed by atoms with Gasteiger partial charge >= 0.3 is 6.03 Å². The fourth-order valence-corrected chi connectivity index (χ4v) is 3.91. The summed E-state index contributed by atoms with van der Waals surface area (Å²) < 4.78 is 33.3. The van der Waals surface area contributed by atoms with Crippen LogP contribution in [0.3, 0.4) is 0 Å². The van der Waals surface area contributed by atoms with E-state index in [4.69, 9.17) is 4.74 Å². The van der Waals surface area contributed by atoms with Gasteiger partial charge in [0, 0.05) is 18.3 Å². The van der Waals surface area contributed by atoms with Crippen LogP contribution in [0.5, 0.6) is 5.75 Å². The van der Waals surface area contributed by atoms with Crippen LogP contribution in [0.1, 0.15) is 6.92 Å². The molecule has 3 amide bonds. The third-order valence-corrected chi connectivity index (χ3v) is 5.58. The summed E-state index contributed by atoms with van der Waals surface area (Å²) in [5, 5.41) is 7.88. The van der Waals surface area contributed by atoms with Crippen molar-refractivity contribution in [3.05, 3.63) is 72.8 Å². The van der Waals surface area contributed by atoms with Crippen molar-refractivity contribution < 1.29 is 22.7 Å². The third kappa shape index (κ3) is 5.99. The van der Waals surface area contributed by atoms with E-state index in [0.29, 0.717) is 17.1 Å². The van der Waals surface area contributed by atoms with Gasteiger partial charge in [-0.15, -0.1) is 0 Å². The van der Waals surface area contributed by atoms with E-state index in [1.54, 1.807) is 42.5 Å². The summed E-state index contributed by atoms with van der Waals surface area (Å²) in [5.74, 6) is -0.0341. The van der Waals surface area contributed by atoms with E-state index in [-0.39, 0.29) is 22.2 Å². The summed E-state index contributed by atoms with van der Waals surface area (Å²) in [6.07, 6.45) is 0. The molecule has 0 aliphatic rings. The normalized spacial score (nSPS) is 10.7. The van der Waals surface area contributed by atoms with Crippen LogP contribution in [0.15, 0.2) is 77.7 Å². The summed E-state index contributed by atoms with van der Waals surface area (Å²) in [5.41, 5.74) is 1.50. The Morgan fingerprint density at radius 1 is 0.781 bits per heavy atom. The van der Waals surface area contributed by atoms with Gasteiger partial charge in [-0.25, -0.2) is 13.2 Å². The van der Waals surface area contributed by atoms with Crippen molar-refractivity contribution >= 4 is 44.7 Å². The van der Waals surface area contributed by atoms with Crippen molar-refractivity contribution in [2.45, 2.75) is 11.8 Å². The molecule has 3 aromatic rings. The van der Waals surface area contributed by atoms with Gasteiger partial charge in [-0.2, -0.15) is 0 Å². The molecule has 0 spiro atoms. The minimum absolute atomic E-state index is 0.0674. The zero-order chi connectivity index (χ0) is 23.1. The minimum atomic E-state index is -3.98. The fourth-order valence-electron chi connectivity index (χ4n) is 2.83. The highest BCUT2D eigenvalue weighted by Crippen LogP contribution is 2.29. The molecule has 0 saturated carbocycles. The predicted octanol–water partition coefficient (Wildman–Crippen LogP) is 4.10. The molecular formula is C22H22N4O5S. The highest BCUT2D eigenvalue weighted by Gasteiger charge is 2.18. The Morgan fingerprint density at radius 3 is 2.12 bits per heavy atom. The standard InChI is InChI=1S/C22H22N4O5S/c1-15(27)23-20-14-19(11-12-21(20)31-2)32(29,30)26-18-10-6-9-17(13-18)25-22(28)24-16-7-4-3-5-8-16/h3-14,26H,1-2H3,(H,23,27)(H2,24,25,28). The Labute approximate surface area is 185 Å². The van der Waals surface area contributed by atoms with Gasteiger partial charge in [0.2, 0.25) is 5.91 Å². The maximum Gasteiger partial charge on any atom is 0.323 e. The van der Waals surface area contributed by atoms with Crippen LogP contribution in [0, 0.1) is 0 Å². The Morgan fingerprint density at radius 2 is 1.44 bits per heavy atom. The monoisotopic (exact) mass is 454 g/mol. The summed E-state index contributed by atoms with van der Waals surface area (Å²) in [7, 11) is -2.56. The number of amides is 3. The van der Waals surface area contributed by atoms with Gasteiger partial charge in [-0.1, -0.05) is 24.3 Å². The quantitative estimate of drug-likeness (QED) is 0.428. The number of urea groups is 1. The number of sulfonamides is 1. The van der Waals surface area contributed by atoms with E-state index in [1.807, 2.05) is 6.07 Å². The molecule has 3 aromatic carbocycles. The Hall–Kier alpha value is -4.05. The van der Waals surface area contributed by atoms with Gasteiger partial charge < -0.3 is 20.7 Å². The number of hydrogen-bond acceptors (Lipinski definition) is 5. The highest BCUT2D eigenvalue weighted by atomic mass is 32.2. The lowest BCUT2D eigenvalue weighted by Crippen LogP contribution is -2.19. The summed E-state index contributed by atoms with van der Waals surface area (Å²) in [6, 6.07) is 18.8. The lowest BCUT2D eigenvalue weighted by molar-refractivity contribution is -0.114. The second kappa shape index (κ2) is 9.84. The van der Waals surface area contributed by atoms with Crippen LogP contribution in [0.4, 0.5) is 27.5 Å². The van der Waals surface area contributed by atoms with E-state index in [0.717, 1.165) is 0 Å². The topological polar surface area (TPSA) is 126 Å². The van der Waals surface area contributed by atoms with Crippen molar-refractivity contribution in [2.75, 3.05) is 27.8 Å². The number of benzene rings is 3. The van der Waals surface area contributed by atoms with Crippen LogP contribution >= 0.6 is 0 Å². The van der Waals surface area contributed by atoms with Crippen molar-refractivity contribution in [1.82, 2.24) is 0 Å². The molecule has 10 heteroatoms. The number of ether oxygens (including phenoxy) is 1. The van der Waals surface area contributed by atoms with E-state index in [9.17, 15) is 18.0 Å². The van der Waals surface area contributed by atoms with E-state index >= 15 is 0 Å². The Balaban J connectivity index is 1.75. The summed E-state index contributed by atoms with van der Waals surface area (Å²) >= 11 is 0. The van der Waals surface area contributed by atoms with E-state index in [1.165, 1.54) is 38.3 Å². The van der Waals surface area contributed by atoms with Crippen LogP contribution in [-0.2, 0) is 14.8 Å². The molecule has 166 valence electrons. The summed E-state index contributed by atoms with van der Waals surface area (Å²) in [6.45, 7) is 1.31. The molecule has 4 N–H and O–H groups in total. The number of nitrogens with one attached hydrogen (secondary N) is 4. The van der Waals surface area contributed by atoms with Crippen LogP contribution < -0.4 is 25.4 Å². The molecule has 0 aliphatic heterocycles. The highest BCUT2D eigenvalue weighted by molar-refractivity contribution is 7.92. The average molecular weight is 455 g/mol. The lowest BCUT2D eigenvalue weighted by atomic mass is 10.3. The molecule has 0 unspecified atom stereocenters. The van der Waals surface area contributed by atoms with Gasteiger partial charge in [0.25, 0.3) is 10.0 Å². The fraction of sp³-hybridized carbons (Fsp3) is 0.0909. The molecule has 0 radical (unpaired) electrons. The molecule has 0 saturated heterocycles. The van der Waals surface area contributed by atoms with Crippen molar-refractivity contribution in [2.24, 2.45) is 0 Å². The molecule has 0 fully saturated rings. The smallest absolute Gasteiger partial charge is 0.323 e. The average Bonchev–Trinajstić information content (AvgIpc) is 2.74. The van der Waals surface area contributed by atoms with Gasteiger partial charge in [0.15, 0.2) is 0 Å². The van der Waals surface area contributed by atoms with E-state index < -0.39 is 16.1 Å². The maximum atomic E-state index is 12.8. The van der Waals surface area contributed by atoms with Gasteiger partial charge in [-0.3, -0.25) is 9.52 Å². The largest absolute Gasteiger partial charge is 0.495 e. The SMILES string of the molecule is COc1ccc(S(=O)(=O)Nc2cccc(NC(=O)Nc3ccccc3)c2)cc1NC(C)=O. The predicted molar refractivity (Wildman–Crippen MR) is 124 cm³/mol. The first-order chi connectivity index (χ1) is 15.3. The number of anilines is 4. The minimum Gasteiger partial charge on any atom is -0.495 e. The molecular weight excluding hydrogens is 432 g/mol. The third-order valence-electron chi connectivity index (χ3n) is 4.20. The first kappa shape index (κ1) is 22.6. The van der Waals surface area contributed by atoms with Crippen LogP contribution in [0.2, 0.25) is 0 Å². The molecule has 0 bridgehead atoms. The molecule has 0 atom stereocenters. The van der Waals surface area contributed by atoms with Crippen molar-refractivity contribution in [3.63, 3.8) is 0 Å². The first-order valence-electron chi connectivity index (χ1n) is 9.48. The van der Waals surface area contributed by atoms with Crippen molar-refractivity contribution in [1.29, 1.82) is 0 Å². The number of carbonyl (C=O) groups is 2. The van der Waals surface area contributed by atoms with Crippen LogP contribution in [-0.4, -0.2) is 27.5 Å². The second-order valence-corrected chi connectivity index (χ2v) is 8.36. The van der Waals surface area contributed by atoms with E-state index in [2.05, 4.69) is 20.7 Å².